The van der Waals surface area contributed by atoms with Gasteiger partial charge in [-0.3, -0.25) is 10.1 Å². The van der Waals surface area contributed by atoms with Crippen LogP contribution in [0.25, 0.3) is 0 Å². The molecule has 1 unspecified atom stereocenters. The summed E-state index contributed by atoms with van der Waals surface area (Å²) >= 11 is 0. The van der Waals surface area contributed by atoms with Crippen LogP contribution in [-0.2, 0) is 9.47 Å². The summed E-state index contributed by atoms with van der Waals surface area (Å²) in [4.78, 5) is 15.6. The summed E-state index contributed by atoms with van der Waals surface area (Å²) in [6, 6.07) is 9.71. The summed E-state index contributed by atoms with van der Waals surface area (Å²) in [5.74, 6) is 0.819. The van der Waals surface area contributed by atoms with E-state index in [0.717, 1.165) is 37.6 Å². The van der Waals surface area contributed by atoms with Gasteiger partial charge >= 0.3 is 0 Å². The lowest BCUT2D eigenvalue weighted by Crippen LogP contribution is -2.46. The molecular weight excluding hydrogens is 322 g/mol. The molecule has 25 heavy (non-hydrogen) atoms. The van der Waals surface area contributed by atoms with Crippen LogP contribution in [0.2, 0.25) is 0 Å². The van der Waals surface area contributed by atoms with E-state index >= 15 is 0 Å². The third kappa shape index (κ3) is 4.93. The molecule has 2 aliphatic rings. The highest BCUT2D eigenvalue weighted by molar-refractivity contribution is 5.25. The Kier molecular flexibility index (Phi) is 6.25. The number of benzene rings is 1. The average molecular weight is 347 g/mol. The molecule has 2 fully saturated rings. The van der Waals surface area contributed by atoms with Gasteiger partial charge in [0.2, 0.25) is 6.54 Å². The van der Waals surface area contributed by atoms with Crippen LogP contribution < -0.4 is 0 Å². The topological polar surface area (TPSA) is 68.1 Å². The quantitative estimate of drug-likeness (QED) is 0.575. The van der Waals surface area contributed by atoms with Crippen molar-refractivity contribution in [2.24, 2.45) is 0 Å². The Balaban J connectivity index is 1.90. The molecule has 2 saturated heterocycles. The first kappa shape index (κ1) is 17.7. The fourth-order valence-corrected chi connectivity index (χ4v) is 3.29. The fourth-order valence-electron chi connectivity index (χ4n) is 3.29. The van der Waals surface area contributed by atoms with Gasteiger partial charge in [0.1, 0.15) is 5.82 Å². The maximum Gasteiger partial charge on any atom is 0.214 e. The van der Waals surface area contributed by atoms with Crippen molar-refractivity contribution in [2.75, 3.05) is 59.2 Å². The third-order valence-corrected chi connectivity index (χ3v) is 4.59. The maximum atomic E-state index is 11.2. The van der Waals surface area contributed by atoms with Gasteiger partial charge < -0.3 is 19.3 Å². The molecule has 0 aromatic heterocycles. The Morgan fingerprint density at radius 1 is 1.04 bits per heavy atom. The molecule has 7 heteroatoms. The Morgan fingerprint density at radius 3 is 2.04 bits per heavy atom. The summed E-state index contributed by atoms with van der Waals surface area (Å²) in [5, 5.41) is 11.2. The van der Waals surface area contributed by atoms with Crippen LogP contribution in [-0.4, -0.2) is 73.9 Å². The van der Waals surface area contributed by atoms with Gasteiger partial charge in [-0.05, 0) is 11.6 Å². The zero-order valence-corrected chi connectivity index (χ0v) is 14.4. The SMILES string of the molecule is O=[N+]([O-])CC(C=C(N1CCOCC1)N1CCOCC1)c1ccccc1. The number of nitrogens with zero attached hydrogens (tertiary/aromatic N) is 3. The predicted octanol–water partition coefficient (Wildman–Crippen LogP) is 1.55. The standard InChI is InChI=1S/C18H25N3O4/c22-21(23)15-17(16-4-2-1-3-5-16)14-18(19-6-10-24-11-7-19)20-8-12-25-13-9-20/h1-5,14,17H,6-13,15H2. The second-order valence-electron chi connectivity index (χ2n) is 6.26. The molecule has 136 valence electrons. The minimum Gasteiger partial charge on any atom is -0.378 e. The van der Waals surface area contributed by atoms with Gasteiger partial charge in [0.05, 0.1) is 32.3 Å². The molecule has 0 bridgehead atoms. The summed E-state index contributed by atoms with van der Waals surface area (Å²) in [6.07, 6.45) is 2.06. The van der Waals surface area contributed by atoms with Crippen LogP contribution in [0.1, 0.15) is 11.5 Å². The molecule has 2 heterocycles. The molecular formula is C18H25N3O4. The van der Waals surface area contributed by atoms with Gasteiger partial charge in [0.15, 0.2) is 0 Å². The highest BCUT2D eigenvalue weighted by Gasteiger charge is 2.25. The lowest BCUT2D eigenvalue weighted by atomic mass is 9.98. The first-order valence-electron chi connectivity index (χ1n) is 8.78. The van der Waals surface area contributed by atoms with Crippen molar-refractivity contribution >= 4 is 0 Å². The van der Waals surface area contributed by atoms with Gasteiger partial charge in [-0.1, -0.05) is 30.3 Å². The Hall–Kier alpha value is -2.12. The summed E-state index contributed by atoms with van der Waals surface area (Å²) < 4.78 is 10.9. The average Bonchev–Trinajstić information content (AvgIpc) is 2.67. The van der Waals surface area contributed by atoms with E-state index in [9.17, 15) is 10.1 Å². The van der Waals surface area contributed by atoms with Gasteiger partial charge in [-0.25, -0.2) is 0 Å². The van der Waals surface area contributed by atoms with Crippen molar-refractivity contribution in [3.63, 3.8) is 0 Å². The smallest absolute Gasteiger partial charge is 0.214 e. The van der Waals surface area contributed by atoms with E-state index in [1.165, 1.54) is 0 Å². The van der Waals surface area contributed by atoms with Gasteiger partial charge in [0.25, 0.3) is 0 Å². The van der Waals surface area contributed by atoms with Crippen LogP contribution in [0.15, 0.2) is 42.2 Å². The molecule has 0 N–H and O–H groups in total. The van der Waals surface area contributed by atoms with Crippen molar-refractivity contribution in [2.45, 2.75) is 5.92 Å². The molecule has 1 aromatic carbocycles. The molecule has 0 saturated carbocycles. The van der Waals surface area contributed by atoms with Gasteiger partial charge in [-0.2, -0.15) is 0 Å². The lowest BCUT2D eigenvalue weighted by molar-refractivity contribution is -0.481. The van der Waals surface area contributed by atoms with Crippen molar-refractivity contribution < 1.29 is 14.4 Å². The molecule has 7 nitrogen and oxygen atoms in total. The van der Waals surface area contributed by atoms with Crippen LogP contribution in [0.3, 0.4) is 0 Å². The molecule has 0 spiro atoms. The summed E-state index contributed by atoms with van der Waals surface area (Å²) in [7, 11) is 0. The van der Waals surface area contributed by atoms with E-state index in [2.05, 4.69) is 15.9 Å². The summed E-state index contributed by atoms with van der Waals surface area (Å²) in [5.41, 5.74) is 0.971. The number of morpholine rings is 2. The van der Waals surface area contributed by atoms with E-state index in [0.29, 0.717) is 26.4 Å². The number of rotatable bonds is 6. The van der Waals surface area contributed by atoms with E-state index in [-0.39, 0.29) is 17.4 Å². The molecule has 0 radical (unpaired) electrons. The molecule has 3 rings (SSSR count). The normalized spacial score (nSPS) is 19.4. The van der Waals surface area contributed by atoms with Crippen molar-refractivity contribution in [3.8, 4) is 0 Å². The van der Waals surface area contributed by atoms with Crippen molar-refractivity contribution in [1.29, 1.82) is 0 Å². The zero-order chi connectivity index (χ0) is 17.5. The minimum atomic E-state index is -0.253. The van der Waals surface area contributed by atoms with Crippen LogP contribution in [0.5, 0.6) is 0 Å². The number of hydrogen-bond donors (Lipinski definition) is 0. The lowest BCUT2D eigenvalue weighted by Gasteiger charge is -2.40. The van der Waals surface area contributed by atoms with E-state index < -0.39 is 0 Å². The fraction of sp³-hybridized carbons (Fsp3) is 0.556. The monoisotopic (exact) mass is 347 g/mol. The van der Waals surface area contributed by atoms with E-state index in [4.69, 9.17) is 9.47 Å². The number of hydrogen-bond acceptors (Lipinski definition) is 6. The molecule has 0 aliphatic carbocycles. The summed E-state index contributed by atoms with van der Waals surface area (Å²) in [6.45, 7) is 5.88. The maximum absolute atomic E-state index is 11.2. The minimum absolute atomic E-state index is 0.109. The molecule has 2 aliphatic heterocycles. The predicted molar refractivity (Wildman–Crippen MR) is 93.9 cm³/mol. The number of nitro groups is 1. The Labute approximate surface area is 148 Å². The van der Waals surface area contributed by atoms with Crippen LogP contribution in [0.4, 0.5) is 0 Å². The highest BCUT2D eigenvalue weighted by Crippen LogP contribution is 2.24. The number of ether oxygens (including phenoxy) is 2. The molecule has 1 atom stereocenters. The Bertz CT molecular complexity index is 561. The molecule has 0 amide bonds. The van der Waals surface area contributed by atoms with Gasteiger partial charge in [0, 0.05) is 31.1 Å². The van der Waals surface area contributed by atoms with E-state index in [1.807, 2.05) is 30.3 Å². The van der Waals surface area contributed by atoms with E-state index in [1.54, 1.807) is 0 Å². The first-order valence-corrected chi connectivity index (χ1v) is 8.78. The van der Waals surface area contributed by atoms with Gasteiger partial charge in [-0.15, -0.1) is 0 Å². The zero-order valence-electron chi connectivity index (χ0n) is 14.4. The Morgan fingerprint density at radius 2 is 1.56 bits per heavy atom. The third-order valence-electron chi connectivity index (χ3n) is 4.59. The van der Waals surface area contributed by atoms with Crippen molar-refractivity contribution in [1.82, 2.24) is 9.80 Å². The van der Waals surface area contributed by atoms with Crippen molar-refractivity contribution in [3.05, 3.63) is 57.9 Å². The van der Waals surface area contributed by atoms with Crippen LogP contribution in [0, 0.1) is 10.1 Å². The second-order valence-corrected chi connectivity index (χ2v) is 6.26. The largest absolute Gasteiger partial charge is 0.378 e. The van der Waals surface area contributed by atoms with Crippen LogP contribution >= 0.6 is 0 Å². The second kappa shape index (κ2) is 8.82. The molecule has 1 aromatic rings. The first-order chi connectivity index (χ1) is 12.2. The highest BCUT2D eigenvalue weighted by atomic mass is 16.6.